The summed E-state index contributed by atoms with van der Waals surface area (Å²) in [5.74, 6) is 0.0208. The van der Waals surface area contributed by atoms with Crippen molar-refractivity contribution in [3.63, 3.8) is 0 Å². The molecule has 0 saturated heterocycles. The molecule has 2 amide bonds. The van der Waals surface area contributed by atoms with Crippen LogP contribution in [0.5, 0.6) is 0 Å². The summed E-state index contributed by atoms with van der Waals surface area (Å²) >= 11 is 12.7. The Morgan fingerprint density at radius 3 is 2.17 bits per heavy atom. The average molecular weight is 435 g/mol. The molecule has 0 heterocycles. The zero-order valence-electron chi connectivity index (χ0n) is 17.1. The highest BCUT2D eigenvalue weighted by molar-refractivity contribution is 6.36. The molecule has 4 nitrogen and oxygen atoms in total. The van der Waals surface area contributed by atoms with E-state index in [-0.39, 0.29) is 24.8 Å². The second kappa shape index (κ2) is 11.2. The van der Waals surface area contributed by atoms with Gasteiger partial charge >= 0.3 is 0 Å². The Labute approximate surface area is 183 Å². The molecule has 0 aliphatic heterocycles. The molecule has 0 aliphatic carbocycles. The van der Waals surface area contributed by atoms with E-state index in [0.29, 0.717) is 34.5 Å². The van der Waals surface area contributed by atoms with E-state index in [1.54, 1.807) is 23.1 Å². The van der Waals surface area contributed by atoms with E-state index in [4.69, 9.17) is 23.2 Å². The van der Waals surface area contributed by atoms with Gasteiger partial charge in [0.1, 0.15) is 6.04 Å². The summed E-state index contributed by atoms with van der Waals surface area (Å²) in [5, 5.41) is 3.91. The molecule has 29 heavy (non-hydrogen) atoms. The Hall–Kier alpha value is -2.04. The average Bonchev–Trinajstić information content (AvgIpc) is 2.69. The third-order valence-electron chi connectivity index (χ3n) is 4.66. The number of amides is 2. The van der Waals surface area contributed by atoms with Crippen LogP contribution in [0.4, 0.5) is 0 Å². The maximum absolute atomic E-state index is 13.2. The fraction of sp³-hybridized carbons (Fsp3) is 0.391. The minimum Gasteiger partial charge on any atom is -0.354 e. The van der Waals surface area contributed by atoms with Gasteiger partial charge in [0.25, 0.3) is 0 Å². The Bertz CT molecular complexity index is 805. The summed E-state index contributed by atoms with van der Waals surface area (Å²) in [7, 11) is 0. The summed E-state index contributed by atoms with van der Waals surface area (Å²) < 4.78 is 0. The summed E-state index contributed by atoms with van der Waals surface area (Å²) in [6.45, 7) is 6.70. The van der Waals surface area contributed by atoms with Crippen molar-refractivity contribution in [2.75, 3.05) is 6.54 Å². The molecular formula is C23H28Cl2N2O2. The van der Waals surface area contributed by atoms with Crippen molar-refractivity contribution in [2.45, 2.75) is 46.2 Å². The largest absolute Gasteiger partial charge is 0.354 e. The molecule has 1 N–H and O–H groups in total. The Morgan fingerprint density at radius 1 is 1.00 bits per heavy atom. The first kappa shape index (κ1) is 23.2. The van der Waals surface area contributed by atoms with E-state index in [1.165, 1.54) is 0 Å². The van der Waals surface area contributed by atoms with Gasteiger partial charge in [-0.25, -0.2) is 0 Å². The van der Waals surface area contributed by atoms with Crippen LogP contribution in [0.1, 0.15) is 38.3 Å². The molecule has 6 heteroatoms. The quantitative estimate of drug-likeness (QED) is 0.595. The van der Waals surface area contributed by atoms with Crippen LogP contribution < -0.4 is 5.32 Å². The van der Waals surface area contributed by atoms with Gasteiger partial charge in [0.05, 0.1) is 6.42 Å². The van der Waals surface area contributed by atoms with Gasteiger partial charge < -0.3 is 10.2 Å². The van der Waals surface area contributed by atoms with Crippen LogP contribution in [-0.4, -0.2) is 29.3 Å². The number of carbonyl (C=O) groups is 2. The minimum atomic E-state index is -0.600. The van der Waals surface area contributed by atoms with Crippen molar-refractivity contribution in [1.82, 2.24) is 10.2 Å². The smallest absolute Gasteiger partial charge is 0.242 e. The van der Waals surface area contributed by atoms with Crippen LogP contribution >= 0.6 is 23.2 Å². The monoisotopic (exact) mass is 434 g/mol. The topological polar surface area (TPSA) is 49.4 Å². The van der Waals surface area contributed by atoms with Crippen molar-refractivity contribution in [3.8, 4) is 0 Å². The van der Waals surface area contributed by atoms with Gasteiger partial charge in [-0.3, -0.25) is 9.59 Å². The summed E-state index contributed by atoms with van der Waals surface area (Å²) in [4.78, 5) is 27.7. The molecule has 156 valence electrons. The molecule has 0 aliphatic rings. The van der Waals surface area contributed by atoms with E-state index >= 15 is 0 Å². The van der Waals surface area contributed by atoms with Gasteiger partial charge in [-0.2, -0.15) is 0 Å². The van der Waals surface area contributed by atoms with Gasteiger partial charge in [-0.15, -0.1) is 0 Å². The van der Waals surface area contributed by atoms with Gasteiger partial charge in [0.2, 0.25) is 11.8 Å². The van der Waals surface area contributed by atoms with Gasteiger partial charge in [0.15, 0.2) is 0 Å². The standard InChI is InChI=1S/C23H28Cl2N2O2/c1-4-21(23(29)26-14-16(2)3)27(15-18-19(24)11-8-12-20(18)25)22(28)13-17-9-6-5-7-10-17/h5-12,16,21H,4,13-15H2,1-3H3,(H,26,29)/t21-/m0/s1. The van der Waals surface area contributed by atoms with Crippen LogP contribution in [0, 0.1) is 5.92 Å². The lowest BCUT2D eigenvalue weighted by Crippen LogP contribution is -2.50. The lowest BCUT2D eigenvalue weighted by Gasteiger charge is -2.31. The maximum atomic E-state index is 13.2. The molecule has 1 atom stereocenters. The van der Waals surface area contributed by atoms with Crippen molar-refractivity contribution in [1.29, 1.82) is 0 Å². The summed E-state index contributed by atoms with van der Waals surface area (Å²) in [6, 6.07) is 14.1. The van der Waals surface area contributed by atoms with Gasteiger partial charge in [-0.1, -0.05) is 80.4 Å². The molecule has 0 spiro atoms. The number of rotatable bonds is 9. The number of benzene rings is 2. The zero-order valence-corrected chi connectivity index (χ0v) is 18.6. The van der Waals surface area contributed by atoms with Crippen molar-refractivity contribution < 1.29 is 9.59 Å². The molecule has 0 radical (unpaired) electrons. The molecule has 2 rings (SSSR count). The molecule has 0 fully saturated rings. The third-order valence-corrected chi connectivity index (χ3v) is 5.37. The lowest BCUT2D eigenvalue weighted by molar-refractivity contribution is -0.141. The number of nitrogens with zero attached hydrogens (tertiary/aromatic N) is 1. The first-order valence-electron chi connectivity index (χ1n) is 9.87. The van der Waals surface area contributed by atoms with Crippen LogP contribution in [0.3, 0.4) is 0 Å². The van der Waals surface area contributed by atoms with E-state index in [2.05, 4.69) is 5.32 Å². The predicted octanol–water partition coefficient (Wildman–Crippen LogP) is 5.12. The third kappa shape index (κ3) is 6.76. The Balaban J connectivity index is 2.32. The number of carbonyl (C=O) groups excluding carboxylic acids is 2. The normalized spacial score (nSPS) is 11.9. The second-order valence-corrected chi connectivity index (χ2v) is 8.26. The molecule has 0 aromatic heterocycles. The van der Waals surface area contributed by atoms with Gasteiger partial charge in [-0.05, 0) is 30.0 Å². The van der Waals surface area contributed by atoms with Crippen molar-refractivity contribution in [3.05, 3.63) is 69.7 Å². The second-order valence-electron chi connectivity index (χ2n) is 7.45. The number of halogens is 2. The van der Waals surface area contributed by atoms with E-state index in [9.17, 15) is 9.59 Å². The van der Waals surface area contributed by atoms with Crippen LogP contribution in [0.15, 0.2) is 48.5 Å². The highest BCUT2D eigenvalue weighted by Gasteiger charge is 2.29. The molecule has 2 aromatic carbocycles. The van der Waals surface area contributed by atoms with E-state index in [0.717, 1.165) is 5.56 Å². The zero-order chi connectivity index (χ0) is 21.4. The van der Waals surface area contributed by atoms with Crippen molar-refractivity contribution in [2.24, 2.45) is 5.92 Å². The SMILES string of the molecule is CC[C@@H](C(=O)NCC(C)C)N(Cc1c(Cl)cccc1Cl)C(=O)Cc1ccccc1. The Morgan fingerprint density at radius 2 is 1.62 bits per heavy atom. The van der Waals surface area contributed by atoms with Crippen LogP contribution in [0.2, 0.25) is 10.0 Å². The van der Waals surface area contributed by atoms with Gasteiger partial charge in [0, 0.05) is 28.7 Å². The highest BCUT2D eigenvalue weighted by atomic mass is 35.5. The summed E-state index contributed by atoms with van der Waals surface area (Å²) in [5.41, 5.74) is 1.54. The maximum Gasteiger partial charge on any atom is 0.242 e. The fourth-order valence-corrected chi connectivity index (χ4v) is 3.58. The fourth-order valence-electron chi connectivity index (χ4n) is 3.07. The Kier molecular flexibility index (Phi) is 8.99. The molecule has 0 bridgehead atoms. The molecule has 0 saturated carbocycles. The molecule has 2 aromatic rings. The minimum absolute atomic E-state index is 0.140. The van der Waals surface area contributed by atoms with E-state index in [1.807, 2.05) is 51.1 Å². The summed E-state index contributed by atoms with van der Waals surface area (Å²) in [6.07, 6.45) is 0.698. The molecular weight excluding hydrogens is 407 g/mol. The van der Waals surface area contributed by atoms with Crippen LogP contribution in [0.25, 0.3) is 0 Å². The first-order chi connectivity index (χ1) is 13.8. The predicted molar refractivity (Wildman–Crippen MR) is 119 cm³/mol. The van der Waals surface area contributed by atoms with E-state index < -0.39 is 6.04 Å². The molecule has 0 unspecified atom stereocenters. The number of nitrogens with one attached hydrogen (secondary N) is 1. The first-order valence-corrected chi connectivity index (χ1v) is 10.6. The number of hydrogen-bond acceptors (Lipinski definition) is 2. The lowest BCUT2D eigenvalue weighted by atomic mass is 10.1. The number of hydrogen-bond donors (Lipinski definition) is 1. The van der Waals surface area contributed by atoms with Crippen LogP contribution in [-0.2, 0) is 22.6 Å². The van der Waals surface area contributed by atoms with Crippen molar-refractivity contribution >= 4 is 35.0 Å². The highest BCUT2D eigenvalue weighted by Crippen LogP contribution is 2.27.